The molecule has 114 valence electrons. The highest BCUT2D eigenvalue weighted by molar-refractivity contribution is 7.17. The molecule has 1 aliphatic rings. The van der Waals surface area contributed by atoms with Gasteiger partial charge in [0, 0.05) is 17.3 Å². The van der Waals surface area contributed by atoms with Gasteiger partial charge in [-0.2, -0.15) is 0 Å². The Morgan fingerprint density at radius 1 is 1.29 bits per heavy atom. The number of amides is 1. The highest BCUT2D eigenvalue weighted by Gasteiger charge is 2.28. The van der Waals surface area contributed by atoms with E-state index in [-0.39, 0.29) is 19.4 Å². The Morgan fingerprint density at radius 2 is 2.05 bits per heavy atom. The molecular formula is C14H16NO5S-. The van der Waals surface area contributed by atoms with E-state index in [4.69, 9.17) is 4.74 Å². The number of fused-ring (bicyclic) bond motifs is 1. The van der Waals surface area contributed by atoms with E-state index in [2.05, 4.69) is 5.32 Å². The van der Waals surface area contributed by atoms with Crippen LogP contribution in [0, 0.1) is 0 Å². The Labute approximate surface area is 126 Å². The van der Waals surface area contributed by atoms with Gasteiger partial charge < -0.3 is 20.0 Å². The summed E-state index contributed by atoms with van der Waals surface area (Å²) in [6, 6.07) is 0. The molecule has 21 heavy (non-hydrogen) atoms. The van der Waals surface area contributed by atoms with Crippen LogP contribution in [0.25, 0.3) is 0 Å². The third-order valence-corrected chi connectivity index (χ3v) is 4.42. The van der Waals surface area contributed by atoms with Crippen LogP contribution in [0.15, 0.2) is 0 Å². The Hall–Kier alpha value is -1.89. The number of carboxylic acids is 1. The molecule has 1 aromatic heterocycles. The number of nitrogens with one attached hydrogen (secondary N) is 1. The highest BCUT2D eigenvalue weighted by Crippen LogP contribution is 2.39. The predicted molar refractivity (Wildman–Crippen MR) is 75.2 cm³/mol. The van der Waals surface area contributed by atoms with Crippen LogP contribution in [0.1, 0.15) is 47.0 Å². The average molecular weight is 310 g/mol. The zero-order valence-electron chi connectivity index (χ0n) is 11.7. The van der Waals surface area contributed by atoms with Gasteiger partial charge in [0.1, 0.15) is 5.00 Å². The van der Waals surface area contributed by atoms with Gasteiger partial charge in [-0.15, -0.1) is 11.3 Å². The predicted octanol–water partition coefficient (Wildman–Crippen LogP) is 0.882. The lowest BCUT2D eigenvalue weighted by atomic mass is 10.1. The molecule has 0 aromatic carbocycles. The number of esters is 1. The van der Waals surface area contributed by atoms with E-state index in [9.17, 15) is 19.5 Å². The Kier molecular flexibility index (Phi) is 4.95. The monoisotopic (exact) mass is 310 g/mol. The molecule has 0 aliphatic heterocycles. The molecule has 0 bridgehead atoms. The van der Waals surface area contributed by atoms with E-state index < -0.39 is 17.8 Å². The van der Waals surface area contributed by atoms with Gasteiger partial charge >= 0.3 is 5.97 Å². The number of anilines is 1. The quantitative estimate of drug-likeness (QED) is 0.787. The third kappa shape index (κ3) is 3.60. The largest absolute Gasteiger partial charge is 0.550 e. The summed E-state index contributed by atoms with van der Waals surface area (Å²) in [5.41, 5.74) is 1.38. The number of carbonyl (C=O) groups excluding carboxylic acids is 3. The summed E-state index contributed by atoms with van der Waals surface area (Å²) in [6.45, 7) is 1.99. The molecule has 2 rings (SSSR count). The Bertz CT molecular complexity index is 578. The van der Waals surface area contributed by atoms with E-state index in [0.717, 1.165) is 29.7 Å². The summed E-state index contributed by atoms with van der Waals surface area (Å²) < 4.78 is 5.04. The standard InChI is InChI=1S/C14H17NO5S/c1-2-20-14(19)12-8-4-3-5-9(8)21-13(12)15-10(16)6-7-11(17)18/h2-7H2,1H3,(H,15,16)(H,17,18)/p-1. The van der Waals surface area contributed by atoms with E-state index in [0.29, 0.717) is 10.6 Å². The molecule has 0 atom stereocenters. The van der Waals surface area contributed by atoms with Crippen molar-refractivity contribution in [2.24, 2.45) is 0 Å². The lowest BCUT2D eigenvalue weighted by Crippen LogP contribution is -2.24. The number of ether oxygens (including phenoxy) is 1. The molecule has 0 spiro atoms. The molecule has 0 fully saturated rings. The number of hydrogen-bond acceptors (Lipinski definition) is 6. The van der Waals surface area contributed by atoms with Crippen molar-refractivity contribution >= 4 is 34.2 Å². The fourth-order valence-corrected chi connectivity index (χ4v) is 3.61. The Balaban J connectivity index is 2.17. The zero-order valence-corrected chi connectivity index (χ0v) is 12.5. The minimum atomic E-state index is -1.27. The minimum absolute atomic E-state index is 0.173. The second-order valence-corrected chi connectivity index (χ2v) is 5.81. The van der Waals surface area contributed by atoms with Gasteiger partial charge in [0.2, 0.25) is 5.91 Å². The van der Waals surface area contributed by atoms with Crippen molar-refractivity contribution in [3.63, 3.8) is 0 Å². The summed E-state index contributed by atoms with van der Waals surface area (Å²) in [6.07, 6.45) is 2.17. The van der Waals surface area contributed by atoms with E-state index in [1.807, 2.05) is 0 Å². The lowest BCUT2D eigenvalue weighted by Gasteiger charge is -2.08. The number of hydrogen-bond donors (Lipinski definition) is 1. The third-order valence-electron chi connectivity index (χ3n) is 3.21. The smallest absolute Gasteiger partial charge is 0.341 e. The summed E-state index contributed by atoms with van der Waals surface area (Å²) in [5.74, 6) is -2.15. The first-order valence-electron chi connectivity index (χ1n) is 6.84. The molecule has 1 heterocycles. The fourth-order valence-electron chi connectivity index (χ4n) is 2.32. The fraction of sp³-hybridized carbons (Fsp3) is 0.500. The summed E-state index contributed by atoms with van der Waals surface area (Å²) in [7, 11) is 0. The van der Waals surface area contributed by atoms with Crippen molar-refractivity contribution in [3.8, 4) is 0 Å². The minimum Gasteiger partial charge on any atom is -0.550 e. The van der Waals surface area contributed by atoms with Crippen LogP contribution in [0.3, 0.4) is 0 Å². The SMILES string of the molecule is CCOC(=O)c1c(NC(=O)CCC(=O)[O-])sc2c1CCC2. The molecule has 1 N–H and O–H groups in total. The van der Waals surface area contributed by atoms with Gasteiger partial charge in [-0.25, -0.2) is 4.79 Å². The normalized spacial score (nSPS) is 12.8. The van der Waals surface area contributed by atoms with Crippen molar-refractivity contribution in [2.45, 2.75) is 39.0 Å². The first-order chi connectivity index (χ1) is 10.0. The van der Waals surface area contributed by atoms with Gasteiger partial charge in [0.25, 0.3) is 0 Å². The molecule has 0 saturated carbocycles. The highest BCUT2D eigenvalue weighted by atomic mass is 32.1. The second kappa shape index (κ2) is 6.71. The first kappa shape index (κ1) is 15.5. The van der Waals surface area contributed by atoms with Crippen molar-refractivity contribution in [3.05, 3.63) is 16.0 Å². The molecular weight excluding hydrogens is 294 g/mol. The zero-order chi connectivity index (χ0) is 15.4. The Morgan fingerprint density at radius 3 is 2.71 bits per heavy atom. The summed E-state index contributed by atoms with van der Waals surface area (Å²) in [4.78, 5) is 35.3. The number of carbonyl (C=O) groups is 3. The van der Waals surface area contributed by atoms with Crippen LogP contribution in [-0.4, -0.2) is 24.5 Å². The number of carboxylic acid groups (broad SMARTS) is 1. The van der Waals surface area contributed by atoms with Gasteiger partial charge in [-0.3, -0.25) is 4.79 Å². The molecule has 6 nitrogen and oxygen atoms in total. The first-order valence-corrected chi connectivity index (χ1v) is 7.66. The number of rotatable bonds is 6. The average Bonchev–Trinajstić information content (AvgIpc) is 2.96. The van der Waals surface area contributed by atoms with Crippen LogP contribution in [-0.2, 0) is 27.2 Å². The second-order valence-electron chi connectivity index (χ2n) is 4.70. The summed E-state index contributed by atoms with van der Waals surface area (Å²) >= 11 is 1.37. The lowest BCUT2D eigenvalue weighted by molar-refractivity contribution is -0.305. The number of thiophene rings is 1. The van der Waals surface area contributed by atoms with Gasteiger partial charge in [-0.05, 0) is 38.2 Å². The maximum atomic E-state index is 12.1. The molecule has 1 aliphatic carbocycles. The molecule has 1 aromatic rings. The maximum Gasteiger partial charge on any atom is 0.341 e. The molecule has 7 heteroatoms. The number of aliphatic carboxylic acids is 1. The van der Waals surface area contributed by atoms with Crippen LogP contribution in [0.2, 0.25) is 0 Å². The van der Waals surface area contributed by atoms with Crippen LogP contribution in [0.4, 0.5) is 5.00 Å². The number of aryl methyl sites for hydroxylation is 1. The van der Waals surface area contributed by atoms with Crippen LogP contribution in [0.5, 0.6) is 0 Å². The van der Waals surface area contributed by atoms with Gasteiger partial charge in [0.05, 0.1) is 12.2 Å². The van der Waals surface area contributed by atoms with Crippen molar-refractivity contribution in [1.29, 1.82) is 0 Å². The molecule has 0 unspecified atom stereocenters. The van der Waals surface area contributed by atoms with E-state index in [1.165, 1.54) is 11.3 Å². The van der Waals surface area contributed by atoms with Crippen molar-refractivity contribution in [2.75, 3.05) is 11.9 Å². The van der Waals surface area contributed by atoms with Crippen molar-refractivity contribution < 1.29 is 24.2 Å². The van der Waals surface area contributed by atoms with Gasteiger partial charge in [0.15, 0.2) is 0 Å². The maximum absolute atomic E-state index is 12.1. The van der Waals surface area contributed by atoms with Gasteiger partial charge in [-0.1, -0.05) is 0 Å². The van der Waals surface area contributed by atoms with Crippen molar-refractivity contribution in [1.82, 2.24) is 0 Å². The van der Waals surface area contributed by atoms with Crippen LogP contribution >= 0.6 is 11.3 Å². The summed E-state index contributed by atoms with van der Waals surface area (Å²) in [5, 5.41) is 13.4. The molecule has 0 saturated heterocycles. The topological polar surface area (TPSA) is 95.5 Å². The molecule has 1 amide bonds. The van der Waals surface area contributed by atoms with E-state index in [1.54, 1.807) is 6.92 Å². The van der Waals surface area contributed by atoms with Crippen LogP contribution < -0.4 is 10.4 Å². The van der Waals surface area contributed by atoms with E-state index >= 15 is 0 Å². The molecule has 0 radical (unpaired) electrons.